The molecule has 0 aromatic heterocycles. The summed E-state index contributed by atoms with van der Waals surface area (Å²) in [5.74, 6) is -0.516. The Bertz CT molecular complexity index is 328. The Kier molecular flexibility index (Phi) is 3.96. The van der Waals surface area contributed by atoms with Gasteiger partial charge in [0.15, 0.2) is 0 Å². The van der Waals surface area contributed by atoms with Crippen molar-refractivity contribution >= 4 is 5.69 Å². The van der Waals surface area contributed by atoms with E-state index in [9.17, 15) is 13.2 Å². The quantitative estimate of drug-likeness (QED) is 0.784. The Morgan fingerprint density at radius 2 is 2.07 bits per heavy atom. The third-order valence-electron chi connectivity index (χ3n) is 2.03. The van der Waals surface area contributed by atoms with E-state index in [0.717, 1.165) is 0 Å². The first-order valence-electron chi connectivity index (χ1n) is 4.50. The molecule has 0 atom stereocenters. The van der Waals surface area contributed by atoms with E-state index in [1.165, 1.54) is 24.1 Å². The van der Waals surface area contributed by atoms with Crippen molar-refractivity contribution in [2.24, 2.45) is 0 Å². The molecule has 2 N–H and O–H groups in total. The van der Waals surface area contributed by atoms with Gasteiger partial charge in [-0.2, -0.15) is 0 Å². The lowest BCUT2D eigenvalue weighted by Gasteiger charge is -2.17. The van der Waals surface area contributed by atoms with E-state index >= 15 is 0 Å². The zero-order valence-electron chi connectivity index (χ0n) is 8.38. The van der Waals surface area contributed by atoms with Crippen LogP contribution in [0.25, 0.3) is 0 Å². The molecule has 0 bridgehead atoms. The average Bonchev–Trinajstić information content (AvgIpc) is 2.11. The molecule has 1 aromatic carbocycles. The molecule has 0 fully saturated rings. The van der Waals surface area contributed by atoms with Crippen LogP contribution in [0, 0.1) is 5.82 Å². The van der Waals surface area contributed by atoms with Crippen LogP contribution in [0.1, 0.15) is 5.56 Å². The highest BCUT2D eigenvalue weighted by molar-refractivity contribution is 5.47. The van der Waals surface area contributed by atoms with Crippen LogP contribution in [0.4, 0.5) is 18.9 Å². The van der Waals surface area contributed by atoms with Gasteiger partial charge in [-0.25, -0.2) is 13.2 Å². The van der Waals surface area contributed by atoms with Gasteiger partial charge >= 0.3 is 0 Å². The molecule has 0 amide bonds. The number of nitrogen functional groups attached to an aromatic ring is 1. The van der Waals surface area contributed by atoms with Crippen LogP contribution in [-0.4, -0.2) is 24.9 Å². The zero-order chi connectivity index (χ0) is 11.4. The van der Waals surface area contributed by atoms with E-state index in [1.807, 2.05) is 0 Å². The molecule has 1 aromatic rings. The number of benzene rings is 1. The van der Waals surface area contributed by atoms with Crippen LogP contribution in [0.15, 0.2) is 18.2 Å². The lowest BCUT2D eigenvalue weighted by atomic mass is 10.1. The van der Waals surface area contributed by atoms with Crippen molar-refractivity contribution in [3.63, 3.8) is 0 Å². The second-order valence-electron chi connectivity index (χ2n) is 3.40. The number of hydrogen-bond donors (Lipinski definition) is 1. The van der Waals surface area contributed by atoms with Gasteiger partial charge in [0.25, 0.3) is 6.43 Å². The average molecular weight is 218 g/mol. The standard InChI is InChI=1S/C10H13F3N2/c1-15(6-9(12)13)5-7-3-2-4-8(11)10(7)14/h2-4,9H,5-6,14H2,1H3. The second-order valence-corrected chi connectivity index (χ2v) is 3.40. The molecule has 5 heteroatoms. The number of halogens is 3. The van der Waals surface area contributed by atoms with Gasteiger partial charge in [-0.05, 0) is 18.7 Å². The number of para-hydroxylation sites is 1. The summed E-state index contributed by atoms with van der Waals surface area (Å²) < 4.78 is 37.0. The SMILES string of the molecule is CN(Cc1cccc(F)c1N)CC(F)F. The fourth-order valence-corrected chi connectivity index (χ4v) is 1.31. The maximum absolute atomic E-state index is 13.0. The van der Waals surface area contributed by atoms with Crippen molar-refractivity contribution < 1.29 is 13.2 Å². The van der Waals surface area contributed by atoms with Crippen LogP contribution in [0.3, 0.4) is 0 Å². The summed E-state index contributed by atoms with van der Waals surface area (Å²) in [4.78, 5) is 1.40. The van der Waals surface area contributed by atoms with Gasteiger partial charge in [0.05, 0.1) is 12.2 Å². The Morgan fingerprint density at radius 3 is 2.67 bits per heavy atom. The topological polar surface area (TPSA) is 29.3 Å². The summed E-state index contributed by atoms with van der Waals surface area (Å²) in [6.07, 6.45) is -2.40. The molecule has 0 aliphatic heterocycles. The molecule has 0 aliphatic rings. The zero-order valence-corrected chi connectivity index (χ0v) is 8.38. The number of nitrogens with zero attached hydrogens (tertiary/aromatic N) is 1. The van der Waals surface area contributed by atoms with E-state index in [1.54, 1.807) is 6.07 Å². The van der Waals surface area contributed by atoms with E-state index in [-0.39, 0.29) is 18.8 Å². The van der Waals surface area contributed by atoms with Crippen molar-refractivity contribution in [1.82, 2.24) is 4.90 Å². The maximum Gasteiger partial charge on any atom is 0.251 e. The van der Waals surface area contributed by atoms with Crippen molar-refractivity contribution in [3.8, 4) is 0 Å². The summed E-state index contributed by atoms with van der Waals surface area (Å²) in [7, 11) is 1.54. The molecule has 1 rings (SSSR count). The molecule has 0 saturated carbocycles. The molecule has 0 radical (unpaired) electrons. The molecule has 0 aliphatic carbocycles. The molecule has 0 heterocycles. The number of hydrogen-bond acceptors (Lipinski definition) is 2. The van der Waals surface area contributed by atoms with Crippen molar-refractivity contribution in [2.75, 3.05) is 19.3 Å². The molecule has 84 valence electrons. The first kappa shape index (κ1) is 11.8. The van der Waals surface area contributed by atoms with Crippen LogP contribution in [0.5, 0.6) is 0 Å². The normalized spacial score (nSPS) is 11.3. The smallest absolute Gasteiger partial charge is 0.251 e. The van der Waals surface area contributed by atoms with E-state index in [2.05, 4.69) is 0 Å². The van der Waals surface area contributed by atoms with Crippen molar-refractivity contribution in [2.45, 2.75) is 13.0 Å². The molecule has 0 unspecified atom stereocenters. The minimum atomic E-state index is -2.40. The molecule has 0 saturated heterocycles. The Labute approximate surface area is 86.5 Å². The lowest BCUT2D eigenvalue weighted by Crippen LogP contribution is -2.24. The van der Waals surface area contributed by atoms with Gasteiger partial charge in [0.2, 0.25) is 0 Å². The van der Waals surface area contributed by atoms with E-state index in [0.29, 0.717) is 5.56 Å². The lowest BCUT2D eigenvalue weighted by molar-refractivity contribution is 0.0976. The molecular formula is C10H13F3N2. The summed E-state index contributed by atoms with van der Waals surface area (Å²) in [6.45, 7) is -0.135. The number of anilines is 1. The summed E-state index contributed by atoms with van der Waals surface area (Å²) >= 11 is 0. The minimum Gasteiger partial charge on any atom is -0.396 e. The molecular weight excluding hydrogens is 205 g/mol. The molecule has 0 spiro atoms. The highest BCUT2D eigenvalue weighted by Gasteiger charge is 2.10. The number of alkyl halides is 2. The van der Waals surface area contributed by atoms with E-state index in [4.69, 9.17) is 5.73 Å². The predicted octanol–water partition coefficient (Wildman–Crippen LogP) is 2.10. The summed E-state index contributed by atoms with van der Waals surface area (Å²) in [5.41, 5.74) is 6.03. The summed E-state index contributed by atoms with van der Waals surface area (Å²) in [6, 6.07) is 4.38. The van der Waals surface area contributed by atoms with Crippen molar-refractivity contribution in [3.05, 3.63) is 29.6 Å². The Hall–Kier alpha value is -1.23. The first-order valence-corrected chi connectivity index (χ1v) is 4.50. The third kappa shape index (κ3) is 3.43. The first-order chi connectivity index (χ1) is 7.00. The van der Waals surface area contributed by atoms with Crippen LogP contribution in [-0.2, 0) is 6.54 Å². The third-order valence-corrected chi connectivity index (χ3v) is 2.03. The van der Waals surface area contributed by atoms with Crippen molar-refractivity contribution in [1.29, 1.82) is 0 Å². The minimum absolute atomic E-state index is 0.0265. The van der Waals surface area contributed by atoms with Gasteiger partial charge < -0.3 is 5.73 Å². The highest BCUT2D eigenvalue weighted by atomic mass is 19.3. The molecule has 2 nitrogen and oxygen atoms in total. The molecule has 15 heavy (non-hydrogen) atoms. The second kappa shape index (κ2) is 5.02. The van der Waals surface area contributed by atoms with Crippen LogP contribution >= 0.6 is 0 Å². The van der Waals surface area contributed by atoms with Crippen LogP contribution < -0.4 is 5.73 Å². The highest BCUT2D eigenvalue weighted by Crippen LogP contribution is 2.17. The van der Waals surface area contributed by atoms with Gasteiger partial charge in [-0.15, -0.1) is 0 Å². The van der Waals surface area contributed by atoms with E-state index < -0.39 is 12.2 Å². The van der Waals surface area contributed by atoms with Gasteiger partial charge in [-0.3, -0.25) is 4.90 Å². The monoisotopic (exact) mass is 218 g/mol. The van der Waals surface area contributed by atoms with Gasteiger partial charge in [0.1, 0.15) is 5.82 Å². The number of rotatable bonds is 4. The fraction of sp³-hybridized carbons (Fsp3) is 0.400. The fourth-order valence-electron chi connectivity index (χ4n) is 1.31. The Balaban J connectivity index is 2.68. The van der Waals surface area contributed by atoms with Gasteiger partial charge in [-0.1, -0.05) is 12.1 Å². The number of nitrogens with two attached hydrogens (primary N) is 1. The van der Waals surface area contributed by atoms with Gasteiger partial charge in [0, 0.05) is 6.54 Å². The van der Waals surface area contributed by atoms with Crippen LogP contribution in [0.2, 0.25) is 0 Å². The Morgan fingerprint density at radius 1 is 1.40 bits per heavy atom. The summed E-state index contributed by atoms with van der Waals surface area (Å²) in [5, 5.41) is 0. The predicted molar refractivity (Wildman–Crippen MR) is 53.2 cm³/mol. The largest absolute Gasteiger partial charge is 0.396 e. The maximum atomic E-state index is 13.0.